The first kappa shape index (κ1) is 9.95. The quantitative estimate of drug-likeness (QED) is 0.569. The van der Waals surface area contributed by atoms with Gasteiger partial charge in [-0.05, 0) is 19.8 Å². The van der Waals surface area contributed by atoms with Crippen molar-refractivity contribution >= 4 is 6.47 Å². The maximum absolute atomic E-state index is 9.18. The second-order valence-electron chi connectivity index (χ2n) is 1.99. The van der Waals surface area contributed by atoms with Crippen LogP contribution in [0.5, 0.6) is 0 Å². The summed E-state index contributed by atoms with van der Waals surface area (Å²) in [5.74, 6) is 0. The highest BCUT2D eigenvalue weighted by molar-refractivity contribution is 5.36. The lowest BCUT2D eigenvalue weighted by Crippen LogP contribution is -1.80. The summed E-state index contributed by atoms with van der Waals surface area (Å²) in [7, 11) is 0. The minimum atomic E-state index is 0.431. The number of hydrogen-bond donors (Lipinski definition) is 0. The first-order chi connectivity index (χ1) is 5.41. The van der Waals surface area contributed by atoms with E-state index in [-0.39, 0.29) is 0 Å². The molecule has 0 atom stereocenters. The molecular formula is C9H14O2. The van der Waals surface area contributed by atoms with Crippen LogP contribution in [0.4, 0.5) is 0 Å². The monoisotopic (exact) mass is 154 g/mol. The van der Waals surface area contributed by atoms with Crippen LogP contribution in [0, 0.1) is 0 Å². The molecule has 0 fully saturated rings. The summed E-state index contributed by atoms with van der Waals surface area (Å²) in [6, 6.07) is 0. The Morgan fingerprint density at radius 3 is 2.00 bits per heavy atom. The van der Waals surface area contributed by atoms with Crippen LogP contribution in [0.1, 0.15) is 19.8 Å². The zero-order valence-corrected chi connectivity index (χ0v) is 6.82. The van der Waals surface area contributed by atoms with Gasteiger partial charge in [0.05, 0.1) is 6.61 Å². The highest BCUT2D eigenvalue weighted by Gasteiger charge is 1.77. The van der Waals surface area contributed by atoms with Crippen LogP contribution in [0.25, 0.3) is 0 Å². The van der Waals surface area contributed by atoms with E-state index in [0.717, 1.165) is 0 Å². The molecule has 1 aliphatic rings. The molecular weight excluding hydrogens is 140 g/mol. The summed E-state index contributed by atoms with van der Waals surface area (Å²) >= 11 is 0. The fraction of sp³-hybridized carbons (Fsp3) is 0.444. The lowest BCUT2D eigenvalue weighted by atomic mass is 10.2. The first-order valence-electron chi connectivity index (χ1n) is 3.78. The van der Waals surface area contributed by atoms with Gasteiger partial charge in [-0.1, -0.05) is 24.3 Å². The molecule has 1 rings (SSSR count). The number of carbonyl (C=O) groups is 1. The molecule has 0 aromatic heterocycles. The van der Waals surface area contributed by atoms with E-state index in [0.29, 0.717) is 13.1 Å². The Balaban J connectivity index is 0.000000187. The molecule has 0 aromatic carbocycles. The van der Waals surface area contributed by atoms with Gasteiger partial charge in [0, 0.05) is 0 Å². The minimum Gasteiger partial charge on any atom is -0.468 e. The molecule has 11 heavy (non-hydrogen) atoms. The van der Waals surface area contributed by atoms with Gasteiger partial charge in [0.25, 0.3) is 6.47 Å². The van der Waals surface area contributed by atoms with E-state index in [1.54, 1.807) is 6.92 Å². The van der Waals surface area contributed by atoms with Gasteiger partial charge in [-0.2, -0.15) is 0 Å². The van der Waals surface area contributed by atoms with Crippen LogP contribution in [0.2, 0.25) is 0 Å². The summed E-state index contributed by atoms with van der Waals surface area (Å²) in [4.78, 5) is 9.18. The lowest BCUT2D eigenvalue weighted by molar-refractivity contribution is -0.128. The Morgan fingerprint density at radius 1 is 1.36 bits per heavy atom. The maximum Gasteiger partial charge on any atom is 0.293 e. The Labute approximate surface area is 67.6 Å². The Kier molecular flexibility index (Phi) is 8.10. The van der Waals surface area contributed by atoms with Crippen molar-refractivity contribution in [2.45, 2.75) is 19.8 Å². The van der Waals surface area contributed by atoms with E-state index in [1.165, 1.54) is 12.8 Å². The third-order valence-corrected chi connectivity index (χ3v) is 1.12. The average molecular weight is 154 g/mol. The van der Waals surface area contributed by atoms with Gasteiger partial charge in [-0.25, -0.2) is 0 Å². The van der Waals surface area contributed by atoms with Crippen LogP contribution < -0.4 is 0 Å². The predicted molar refractivity (Wildman–Crippen MR) is 45.2 cm³/mol. The van der Waals surface area contributed by atoms with E-state index in [1.807, 2.05) is 0 Å². The molecule has 0 aliphatic heterocycles. The summed E-state index contributed by atoms with van der Waals surface area (Å²) in [6.45, 7) is 2.66. The van der Waals surface area contributed by atoms with Crippen molar-refractivity contribution in [3.63, 3.8) is 0 Å². The van der Waals surface area contributed by atoms with Crippen LogP contribution in [-0.4, -0.2) is 13.1 Å². The standard InChI is InChI=1S/C6H8.C3H6O2/c1-2-4-6-5-3-1;1-2-5-3-4/h1-4H,5-6H2;3H,2H2,1H3. The number of hydrogen-bond acceptors (Lipinski definition) is 2. The van der Waals surface area contributed by atoms with Gasteiger partial charge >= 0.3 is 0 Å². The zero-order valence-electron chi connectivity index (χ0n) is 6.82. The maximum atomic E-state index is 9.18. The van der Waals surface area contributed by atoms with Crippen LogP contribution in [-0.2, 0) is 9.53 Å². The summed E-state index contributed by atoms with van der Waals surface area (Å²) in [6.07, 6.45) is 11.0. The molecule has 0 spiro atoms. The van der Waals surface area contributed by atoms with Crippen molar-refractivity contribution in [2.24, 2.45) is 0 Å². The van der Waals surface area contributed by atoms with Gasteiger partial charge in [-0.15, -0.1) is 0 Å². The largest absolute Gasteiger partial charge is 0.468 e. The fourth-order valence-corrected chi connectivity index (χ4v) is 0.610. The van der Waals surface area contributed by atoms with Crippen LogP contribution in [0.3, 0.4) is 0 Å². The number of allylic oxidation sites excluding steroid dienone is 4. The SMILES string of the molecule is C1=CCCC=C1.CCOC=O. The molecule has 0 amide bonds. The molecule has 0 radical (unpaired) electrons. The third-order valence-electron chi connectivity index (χ3n) is 1.12. The second-order valence-corrected chi connectivity index (χ2v) is 1.99. The molecule has 0 bridgehead atoms. The van der Waals surface area contributed by atoms with E-state index >= 15 is 0 Å². The van der Waals surface area contributed by atoms with Gasteiger partial charge in [-0.3, -0.25) is 4.79 Å². The van der Waals surface area contributed by atoms with Crippen molar-refractivity contribution in [1.82, 2.24) is 0 Å². The number of rotatable bonds is 2. The lowest BCUT2D eigenvalue weighted by Gasteiger charge is -1.88. The highest BCUT2D eigenvalue weighted by atomic mass is 16.5. The molecule has 2 heteroatoms. The third kappa shape index (κ3) is 8.95. The highest BCUT2D eigenvalue weighted by Crippen LogP contribution is 1.98. The molecule has 62 valence electrons. The van der Waals surface area contributed by atoms with Crippen molar-refractivity contribution < 1.29 is 9.53 Å². The van der Waals surface area contributed by atoms with E-state index < -0.39 is 0 Å². The van der Waals surface area contributed by atoms with Gasteiger partial charge in [0.15, 0.2) is 0 Å². The van der Waals surface area contributed by atoms with Crippen LogP contribution in [0.15, 0.2) is 24.3 Å². The van der Waals surface area contributed by atoms with Crippen molar-refractivity contribution in [1.29, 1.82) is 0 Å². The molecule has 0 unspecified atom stereocenters. The molecule has 0 aromatic rings. The topological polar surface area (TPSA) is 26.3 Å². The van der Waals surface area contributed by atoms with E-state index in [2.05, 4.69) is 29.0 Å². The first-order valence-corrected chi connectivity index (χ1v) is 3.78. The average Bonchev–Trinajstić information content (AvgIpc) is 2.10. The van der Waals surface area contributed by atoms with Gasteiger partial charge in [0.2, 0.25) is 0 Å². The van der Waals surface area contributed by atoms with Gasteiger partial charge in [0.1, 0.15) is 0 Å². The molecule has 0 heterocycles. The normalized spacial score (nSPS) is 13.2. The predicted octanol–water partition coefficient (Wildman–Crippen LogP) is 2.07. The molecule has 2 nitrogen and oxygen atoms in total. The Hall–Kier alpha value is -1.05. The molecule has 0 N–H and O–H groups in total. The van der Waals surface area contributed by atoms with E-state index in [9.17, 15) is 4.79 Å². The Bertz CT molecular complexity index is 124. The zero-order chi connectivity index (χ0) is 8.36. The second kappa shape index (κ2) is 8.95. The minimum absolute atomic E-state index is 0.431. The molecule has 1 aliphatic carbocycles. The van der Waals surface area contributed by atoms with E-state index in [4.69, 9.17) is 0 Å². The Morgan fingerprint density at radius 2 is 1.91 bits per heavy atom. The summed E-state index contributed by atoms with van der Waals surface area (Å²) in [5, 5.41) is 0. The fourth-order valence-electron chi connectivity index (χ4n) is 0.610. The van der Waals surface area contributed by atoms with Crippen molar-refractivity contribution in [3.05, 3.63) is 24.3 Å². The molecule has 0 saturated heterocycles. The van der Waals surface area contributed by atoms with Crippen molar-refractivity contribution in [2.75, 3.05) is 6.61 Å². The number of ether oxygens (including phenoxy) is 1. The molecule has 0 saturated carbocycles. The van der Waals surface area contributed by atoms with Crippen molar-refractivity contribution in [3.8, 4) is 0 Å². The number of carbonyl (C=O) groups excluding carboxylic acids is 1. The summed E-state index contributed by atoms with van der Waals surface area (Å²) in [5.41, 5.74) is 0. The van der Waals surface area contributed by atoms with Gasteiger partial charge < -0.3 is 4.74 Å². The summed E-state index contributed by atoms with van der Waals surface area (Å²) < 4.78 is 4.15. The van der Waals surface area contributed by atoms with Crippen LogP contribution >= 0.6 is 0 Å². The smallest absolute Gasteiger partial charge is 0.293 e.